The molecule has 2 aromatic carbocycles. The number of carbonyl (C=O) groups is 1. The third kappa shape index (κ3) is 5.64. The molecular weight excluding hydrogens is 388 g/mol. The molecule has 0 radical (unpaired) electrons. The molecule has 29 heavy (non-hydrogen) atoms. The second-order valence-electron chi connectivity index (χ2n) is 7.73. The van der Waals surface area contributed by atoms with E-state index in [9.17, 15) is 4.79 Å². The molecular formula is C23H29ClN2O3. The van der Waals surface area contributed by atoms with Gasteiger partial charge in [-0.25, -0.2) is 0 Å². The van der Waals surface area contributed by atoms with Gasteiger partial charge in [-0.15, -0.1) is 12.4 Å². The van der Waals surface area contributed by atoms with Crippen LogP contribution in [-0.2, 0) is 4.79 Å². The number of carbonyl (C=O) groups excluding carboxylic acids is 1. The number of fused-ring (bicyclic) bond motifs is 2. The minimum atomic E-state index is 0. The van der Waals surface area contributed by atoms with Gasteiger partial charge >= 0.3 is 0 Å². The first-order chi connectivity index (χ1) is 13.7. The Morgan fingerprint density at radius 1 is 1.03 bits per heavy atom. The van der Waals surface area contributed by atoms with Gasteiger partial charge in [0.1, 0.15) is 11.5 Å². The molecule has 2 atom stereocenters. The van der Waals surface area contributed by atoms with Gasteiger partial charge < -0.3 is 20.1 Å². The molecule has 2 aliphatic heterocycles. The molecule has 2 fully saturated rings. The van der Waals surface area contributed by atoms with E-state index in [-0.39, 0.29) is 18.3 Å². The Morgan fingerprint density at radius 2 is 1.69 bits per heavy atom. The first kappa shape index (κ1) is 21.5. The molecule has 0 saturated carbocycles. The highest BCUT2D eigenvalue weighted by atomic mass is 35.5. The molecule has 2 aromatic rings. The van der Waals surface area contributed by atoms with E-state index in [0.29, 0.717) is 48.2 Å². The molecule has 4 rings (SSSR count). The summed E-state index contributed by atoms with van der Waals surface area (Å²) < 4.78 is 11.5. The summed E-state index contributed by atoms with van der Waals surface area (Å²) in [6.45, 7) is 2.59. The highest BCUT2D eigenvalue weighted by Gasteiger charge is 2.34. The van der Waals surface area contributed by atoms with Crippen LogP contribution in [0.2, 0.25) is 0 Å². The third-order valence-electron chi connectivity index (χ3n) is 5.57. The van der Waals surface area contributed by atoms with Gasteiger partial charge in [-0.05, 0) is 74.9 Å². The number of ether oxygens (including phenoxy) is 2. The predicted octanol–water partition coefficient (Wildman–Crippen LogP) is 5.16. The maximum absolute atomic E-state index is 12.6. The zero-order valence-electron chi connectivity index (χ0n) is 16.7. The van der Waals surface area contributed by atoms with E-state index in [1.807, 2.05) is 55.5 Å². The number of benzene rings is 2. The summed E-state index contributed by atoms with van der Waals surface area (Å²) in [4.78, 5) is 12.6. The summed E-state index contributed by atoms with van der Waals surface area (Å²) in [5.74, 6) is 2.70. The number of amides is 1. The molecule has 1 amide bonds. The van der Waals surface area contributed by atoms with Gasteiger partial charge in [0.05, 0.1) is 12.3 Å². The van der Waals surface area contributed by atoms with Crippen LogP contribution >= 0.6 is 12.4 Å². The number of nitrogens with one attached hydrogen (secondary N) is 2. The van der Waals surface area contributed by atoms with E-state index >= 15 is 0 Å². The van der Waals surface area contributed by atoms with E-state index in [0.717, 1.165) is 18.6 Å². The number of hydrogen-bond donors (Lipinski definition) is 2. The van der Waals surface area contributed by atoms with Gasteiger partial charge in [0.25, 0.3) is 0 Å². The van der Waals surface area contributed by atoms with Crippen molar-refractivity contribution in [3.63, 3.8) is 0 Å². The molecule has 5 nitrogen and oxygen atoms in total. The first-order valence-electron chi connectivity index (χ1n) is 10.2. The molecule has 2 N–H and O–H groups in total. The smallest absolute Gasteiger partial charge is 0.224 e. The van der Waals surface area contributed by atoms with Crippen LogP contribution in [0.5, 0.6) is 17.2 Å². The molecule has 2 aliphatic rings. The molecule has 2 bridgehead atoms. The van der Waals surface area contributed by atoms with Crippen molar-refractivity contribution in [1.29, 1.82) is 0 Å². The van der Waals surface area contributed by atoms with Gasteiger partial charge in [0, 0.05) is 18.5 Å². The number of anilines is 1. The summed E-state index contributed by atoms with van der Waals surface area (Å²) in [7, 11) is 0. The van der Waals surface area contributed by atoms with Crippen LogP contribution in [0.15, 0.2) is 48.5 Å². The molecule has 6 heteroatoms. The Bertz CT molecular complexity index is 800. The summed E-state index contributed by atoms with van der Waals surface area (Å²) >= 11 is 0. The SMILES string of the molecule is CCOc1ccc(Oc2ccccc2NC(=O)CC2CC3CCC(C2)N3)cc1.Cl. The van der Waals surface area contributed by atoms with Crippen LogP contribution in [0.25, 0.3) is 0 Å². The monoisotopic (exact) mass is 416 g/mol. The lowest BCUT2D eigenvalue weighted by Crippen LogP contribution is -2.39. The normalized spacial score (nSPS) is 22.4. The van der Waals surface area contributed by atoms with Crippen molar-refractivity contribution in [2.45, 2.75) is 51.1 Å². The van der Waals surface area contributed by atoms with E-state index in [2.05, 4.69) is 10.6 Å². The summed E-state index contributed by atoms with van der Waals surface area (Å²) in [5, 5.41) is 6.68. The van der Waals surface area contributed by atoms with Gasteiger partial charge in [-0.2, -0.15) is 0 Å². The van der Waals surface area contributed by atoms with Crippen LogP contribution in [0.1, 0.15) is 39.0 Å². The molecule has 0 aromatic heterocycles. The van der Waals surface area contributed by atoms with Crippen LogP contribution in [0, 0.1) is 5.92 Å². The highest BCUT2D eigenvalue weighted by Crippen LogP contribution is 2.34. The summed E-state index contributed by atoms with van der Waals surface area (Å²) in [5.41, 5.74) is 0.707. The van der Waals surface area contributed by atoms with Crippen LogP contribution < -0.4 is 20.1 Å². The van der Waals surface area contributed by atoms with Crippen molar-refractivity contribution in [2.24, 2.45) is 5.92 Å². The fourth-order valence-corrected chi connectivity index (χ4v) is 4.36. The van der Waals surface area contributed by atoms with Gasteiger partial charge in [-0.1, -0.05) is 12.1 Å². The number of piperidine rings is 1. The Kier molecular flexibility index (Phi) is 7.40. The standard InChI is InChI=1S/C23H28N2O3.ClH/c1-2-27-19-9-11-20(12-10-19)28-22-6-4-3-5-21(22)25-23(26)15-16-13-17-7-8-18(14-16)24-17;/h3-6,9-12,16-18,24H,2,7-8,13-15H2,1H3,(H,25,26);1H. The second-order valence-corrected chi connectivity index (χ2v) is 7.73. The van der Waals surface area contributed by atoms with E-state index in [4.69, 9.17) is 9.47 Å². The maximum Gasteiger partial charge on any atom is 0.224 e. The quantitative estimate of drug-likeness (QED) is 0.654. The Hall–Kier alpha value is -2.24. The van der Waals surface area contributed by atoms with Gasteiger partial charge in [0.15, 0.2) is 5.75 Å². The van der Waals surface area contributed by atoms with Crippen molar-refractivity contribution in [1.82, 2.24) is 5.32 Å². The second kappa shape index (κ2) is 9.99. The Balaban J connectivity index is 0.00000240. The van der Waals surface area contributed by atoms with Crippen molar-refractivity contribution < 1.29 is 14.3 Å². The molecule has 0 spiro atoms. The van der Waals surface area contributed by atoms with Crippen LogP contribution in [0.4, 0.5) is 5.69 Å². The van der Waals surface area contributed by atoms with E-state index < -0.39 is 0 Å². The largest absolute Gasteiger partial charge is 0.494 e. The number of rotatable bonds is 7. The summed E-state index contributed by atoms with van der Waals surface area (Å²) in [6.07, 6.45) is 5.29. The highest BCUT2D eigenvalue weighted by molar-refractivity contribution is 5.92. The Morgan fingerprint density at radius 3 is 2.38 bits per heavy atom. The van der Waals surface area contributed by atoms with Crippen molar-refractivity contribution in [3.8, 4) is 17.2 Å². The zero-order chi connectivity index (χ0) is 19.3. The number of halogens is 1. The topological polar surface area (TPSA) is 59.6 Å². The van der Waals surface area contributed by atoms with E-state index in [1.54, 1.807) is 0 Å². The lowest BCUT2D eigenvalue weighted by molar-refractivity contribution is -0.117. The minimum absolute atomic E-state index is 0. The first-order valence-corrected chi connectivity index (χ1v) is 10.2. The van der Waals surface area contributed by atoms with Crippen molar-refractivity contribution in [3.05, 3.63) is 48.5 Å². The van der Waals surface area contributed by atoms with Crippen molar-refractivity contribution in [2.75, 3.05) is 11.9 Å². The number of hydrogen-bond acceptors (Lipinski definition) is 4. The van der Waals surface area contributed by atoms with Crippen LogP contribution in [0.3, 0.4) is 0 Å². The molecule has 156 valence electrons. The lowest BCUT2D eigenvalue weighted by atomic mass is 9.89. The predicted molar refractivity (Wildman–Crippen MR) is 117 cm³/mol. The maximum atomic E-state index is 12.6. The fraction of sp³-hybridized carbons (Fsp3) is 0.435. The number of para-hydroxylation sites is 2. The fourth-order valence-electron chi connectivity index (χ4n) is 4.36. The summed E-state index contributed by atoms with van der Waals surface area (Å²) in [6, 6.07) is 16.3. The molecule has 2 heterocycles. The van der Waals surface area contributed by atoms with Crippen molar-refractivity contribution >= 4 is 24.0 Å². The average molecular weight is 417 g/mol. The minimum Gasteiger partial charge on any atom is -0.494 e. The van der Waals surface area contributed by atoms with E-state index in [1.165, 1.54) is 12.8 Å². The third-order valence-corrected chi connectivity index (χ3v) is 5.57. The lowest BCUT2D eigenvalue weighted by Gasteiger charge is -2.28. The van der Waals surface area contributed by atoms with Gasteiger partial charge in [0.2, 0.25) is 5.91 Å². The molecule has 2 saturated heterocycles. The average Bonchev–Trinajstić information content (AvgIpc) is 3.03. The molecule has 0 aliphatic carbocycles. The molecule has 2 unspecified atom stereocenters. The zero-order valence-corrected chi connectivity index (χ0v) is 17.5. The van der Waals surface area contributed by atoms with Gasteiger partial charge in [-0.3, -0.25) is 4.79 Å². The Labute approximate surface area is 178 Å². The van der Waals surface area contributed by atoms with Crippen LogP contribution in [-0.4, -0.2) is 24.6 Å².